The van der Waals surface area contributed by atoms with Crippen LogP contribution in [-0.2, 0) is 11.0 Å². The summed E-state index contributed by atoms with van der Waals surface area (Å²) in [6.45, 7) is 5.83. The van der Waals surface area contributed by atoms with E-state index in [2.05, 4.69) is 17.1 Å². The molecule has 1 aromatic carbocycles. The first-order valence-corrected chi connectivity index (χ1v) is 7.67. The fourth-order valence-corrected chi connectivity index (χ4v) is 2.53. The van der Waals surface area contributed by atoms with Crippen LogP contribution in [0.1, 0.15) is 35.7 Å². The highest BCUT2D eigenvalue weighted by atomic mass is 19.4. The molecule has 1 amide bonds. The molecular weight excluding hydrogens is 333 g/mol. The lowest BCUT2D eigenvalue weighted by atomic mass is 9.86. The van der Waals surface area contributed by atoms with E-state index in [0.717, 1.165) is 17.7 Å². The van der Waals surface area contributed by atoms with Gasteiger partial charge in [-0.15, -0.1) is 0 Å². The topological polar surface area (TPSA) is 50.7 Å². The molecule has 0 radical (unpaired) electrons. The number of hydrogen-bond donors (Lipinski definition) is 1. The standard InChI is InChI=1S/C18H19F3N2O2/c1-11(2)12-7-8-15(16(10-12)23-25-3)22-17(24)13-5-4-6-14(9-13)18(19,20)21/h4-6,8-9,12H,1,7,10H2,2-3H3,(H,22,24)/b23-16+/t12-/m1/s1. The van der Waals surface area contributed by atoms with Crippen LogP contribution in [0.4, 0.5) is 13.2 Å². The summed E-state index contributed by atoms with van der Waals surface area (Å²) in [6, 6.07) is 4.28. The average Bonchev–Trinajstić information content (AvgIpc) is 2.55. The van der Waals surface area contributed by atoms with E-state index < -0.39 is 17.6 Å². The van der Waals surface area contributed by atoms with E-state index in [1.807, 2.05) is 6.92 Å². The fourth-order valence-electron chi connectivity index (χ4n) is 2.53. The number of carbonyl (C=O) groups excluding carboxylic acids is 1. The van der Waals surface area contributed by atoms with Gasteiger partial charge >= 0.3 is 6.18 Å². The van der Waals surface area contributed by atoms with Gasteiger partial charge < -0.3 is 10.2 Å². The Morgan fingerprint density at radius 3 is 2.72 bits per heavy atom. The van der Waals surface area contributed by atoms with Gasteiger partial charge in [0.15, 0.2) is 0 Å². The number of benzene rings is 1. The molecule has 0 saturated heterocycles. The second kappa shape index (κ2) is 7.55. The van der Waals surface area contributed by atoms with Crippen molar-refractivity contribution in [2.45, 2.75) is 25.9 Å². The van der Waals surface area contributed by atoms with Gasteiger partial charge in [-0.1, -0.05) is 29.5 Å². The number of alkyl halides is 3. The van der Waals surface area contributed by atoms with Crippen molar-refractivity contribution in [1.29, 1.82) is 0 Å². The van der Waals surface area contributed by atoms with Crippen LogP contribution in [0.3, 0.4) is 0 Å². The first-order valence-electron chi connectivity index (χ1n) is 7.67. The third kappa shape index (κ3) is 4.71. The summed E-state index contributed by atoms with van der Waals surface area (Å²) in [5, 5.41) is 6.54. The summed E-state index contributed by atoms with van der Waals surface area (Å²) >= 11 is 0. The van der Waals surface area contributed by atoms with Crippen molar-refractivity contribution in [3.05, 3.63) is 59.3 Å². The van der Waals surface area contributed by atoms with Crippen LogP contribution in [0, 0.1) is 5.92 Å². The second-order valence-corrected chi connectivity index (χ2v) is 5.85. The van der Waals surface area contributed by atoms with Crippen molar-refractivity contribution >= 4 is 11.6 Å². The predicted molar refractivity (Wildman–Crippen MR) is 89.0 cm³/mol. The van der Waals surface area contributed by atoms with Crippen molar-refractivity contribution in [2.75, 3.05) is 7.11 Å². The summed E-state index contributed by atoms with van der Waals surface area (Å²) in [7, 11) is 1.39. The van der Waals surface area contributed by atoms with Gasteiger partial charge in [0.1, 0.15) is 12.8 Å². The molecule has 0 bridgehead atoms. The highest BCUT2D eigenvalue weighted by Crippen LogP contribution is 2.30. The molecule has 0 unspecified atom stereocenters. The van der Waals surface area contributed by atoms with Gasteiger partial charge in [-0.3, -0.25) is 4.79 Å². The van der Waals surface area contributed by atoms with Crippen molar-refractivity contribution in [3.8, 4) is 0 Å². The summed E-state index contributed by atoms with van der Waals surface area (Å²) in [5.74, 6) is -0.446. The minimum atomic E-state index is -4.50. The van der Waals surface area contributed by atoms with Crippen LogP contribution >= 0.6 is 0 Å². The lowest BCUT2D eigenvalue weighted by molar-refractivity contribution is -0.137. The highest BCUT2D eigenvalue weighted by Gasteiger charge is 2.31. The molecule has 1 aromatic rings. The molecule has 134 valence electrons. The Hall–Kier alpha value is -2.57. The Morgan fingerprint density at radius 1 is 1.40 bits per heavy atom. The Balaban J connectivity index is 2.22. The largest absolute Gasteiger partial charge is 0.416 e. The summed E-state index contributed by atoms with van der Waals surface area (Å²) in [4.78, 5) is 17.1. The van der Waals surface area contributed by atoms with Gasteiger partial charge in [0.05, 0.1) is 11.3 Å². The SMILES string of the molecule is C=C(C)[C@@H]1CC=C(NC(=O)c2cccc(C(F)(F)F)c2)/C(=N/OC)C1. The number of allylic oxidation sites excluding steroid dienone is 3. The van der Waals surface area contributed by atoms with E-state index in [1.165, 1.54) is 19.2 Å². The number of oxime groups is 1. The van der Waals surface area contributed by atoms with Crippen molar-refractivity contribution in [1.82, 2.24) is 5.32 Å². The maximum atomic E-state index is 12.8. The average molecular weight is 352 g/mol. The molecule has 1 atom stereocenters. The lowest BCUT2D eigenvalue weighted by Gasteiger charge is -2.23. The molecule has 0 fully saturated rings. The smallest absolute Gasteiger partial charge is 0.399 e. The van der Waals surface area contributed by atoms with Crippen LogP contribution in [0.15, 0.2) is 53.3 Å². The molecule has 2 rings (SSSR count). The third-order valence-electron chi connectivity index (χ3n) is 3.96. The van der Waals surface area contributed by atoms with Gasteiger partial charge in [-0.2, -0.15) is 13.2 Å². The zero-order valence-electron chi connectivity index (χ0n) is 14.0. The van der Waals surface area contributed by atoms with Crippen LogP contribution in [0.5, 0.6) is 0 Å². The van der Waals surface area contributed by atoms with Gasteiger partial charge in [-0.05, 0) is 37.5 Å². The van der Waals surface area contributed by atoms with Gasteiger partial charge in [0.2, 0.25) is 0 Å². The molecule has 4 nitrogen and oxygen atoms in total. The molecule has 1 aliphatic carbocycles. The number of nitrogens with zero attached hydrogens (tertiary/aromatic N) is 1. The first kappa shape index (κ1) is 18.8. The van der Waals surface area contributed by atoms with Gasteiger partial charge in [-0.25, -0.2) is 0 Å². The number of hydrogen-bond acceptors (Lipinski definition) is 3. The number of halogens is 3. The normalized spacial score (nSPS) is 19.3. The Bertz CT molecular complexity index is 736. The molecule has 0 saturated carbocycles. The van der Waals surface area contributed by atoms with Gasteiger partial charge in [0.25, 0.3) is 5.91 Å². The molecule has 25 heavy (non-hydrogen) atoms. The molecule has 7 heteroatoms. The molecule has 0 aromatic heterocycles. The maximum Gasteiger partial charge on any atom is 0.416 e. The lowest BCUT2D eigenvalue weighted by Crippen LogP contribution is -2.31. The van der Waals surface area contributed by atoms with Crippen molar-refractivity contribution in [2.24, 2.45) is 11.1 Å². The van der Waals surface area contributed by atoms with E-state index in [4.69, 9.17) is 4.84 Å². The van der Waals surface area contributed by atoms with Crippen LogP contribution < -0.4 is 5.32 Å². The van der Waals surface area contributed by atoms with Crippen molar-refractivity contribution in [3.63, 3.8) is 0 Å². The Morgan fingerprint density at radius 2 is 2.12 bits per heavy atom. The monoisotopic (exact) mass is 352 g/mol. The van der Waals surface area contributed by atoms with Crippen LogP contribution in [0.2, 0.25) is 0 Å². The molecule has 0 spiro atoms. The minimum absolute atomic E-state index is 0.0745. The first-order chi connectivity index (χ1) is 11.7. The molecular formula is C18H19F3N2O2. The predicted octanol–water partition coefficient (Wildman–Crippen LogP) is 4.31. The fraction of sp³-hybridized carbons (Fsp3) is 0.333. The molecule has 0 aliphatic heterocycles. The van der Waals surface area contributed by atoms with Gasteiger partial charge in [0, 0.05) is 12.0 Å². The maximum absolute atomic E-state index is 12.8. The molecule has 1 N–H and O–H groups in total. The molecule has 0 heterocycles. The van der Waals surface area contributed by atoms with Crippen molar-refractivity contribution < 1.29 is 22.8 Å². The van der Waals surface area contributed by atoms with E-state index in [-0.39, 0.29) is 11.5 Å². The minimum Gasteiger partial charge on any atom is -0.399 e. The number of carbonyl (C=O) groups is 1. The van der Waals surface area contributed by atoms with E-state index in [1.54, 1.807) is 6.08 Å². The summed E-state index contributed by atoms with van der Waals surface area (Å²) in [5.41, 5.74) is 1.02. The molecule has 1 aliphatic rings. The highest BCUT2D eigenvalue weighted by molar-refractivity contribution is 6.06. The van der Waals surface area contributed by atoms with Crippen LogP contribution in [-0.4, -0.2) is 18.7 Å². The number of amides is 1. The van der Waals surface area contributed by atoms with E-state index in [0.29, 0.717) is 24.3 Å². The second-order valence-electron chi connectivity index (χ2n) is 5.85. The third-order valence-corrected chi connectivity index (χ3v) is 3.96. The Labute approximate surface area is 144 Å². The zero-order valence-corrected chi connectivity index (χ0v) is 14.0. The quantitative estimate of drug-likeness (QED) is 0.648. The van der Waals surface area contributed by atoms with Crippen LogP contribution in [0.25, 0.3) is 0 Å². The summed E-state index contributed by atoms with van der Waals surface area (Å²) < 4.78 is 38.4. The zero-order chi connectivity index (χ0) is 18.6. The summed E-state index contributed by atoms with van der Waals surface area (Å²) in [6.07, 6.45) is -1.52. The Kier molecular flexibility index (Phi) is 5.66. The van der Waals surface area contributed by atoms with E-state index >= 15 is 0 Å². The number of rotatable bonds is 4. The van der Waals surface area contributed by atoms with E-state index in [9.17, 15) is 18.0 Å². The number of nitrogens with one attached hydrogen (secondary N) is 1.